The van der Waals surface area contributed by atoms with E-state index >= 15 is 0 Å². The summed E-state index contributed by atoms with van der Waals surface area (Å²) >= 11 is 0. The average Bonchev–Trinajstić information content (AvgIpc) is 1.82. The molecule has 0 heterocycles. The molecule has 0 unspecified atom stereocenters. The second-order valence-electron chi connectivity index (χ2n) is 3.75. The van der Waals surface area contributed by atoms with Crippen molar-refractivity contribution in [3.05, 3.63) is 0 Å². The molecule has 0 aliphatic rings. The van der Waals surface area contributed by atoms with E-state index in [-0.39, 0.29) is 17.5 Å². The van der Waals surface area contributed by atoms with Crippen LogP contribution in [0.25, 0.3) is 0 Å². The molecule has 66 valence electrons. The summed E-state index contributed by atoms with van der Waals surface area (Å²) in [6, 6.07) is -0.116. The van der Waals surface area contributed by atoms with Crippen molar-refractivity contribution in [3.8, 4) is 0 Å². The summed E-state index contributed by atoms with van der Waals surface area (Å²) in [6.45, 7) is 7.73. The standard InChI is InChI=1S/C8H18N2O/c1-6(9-5)7(11)10-8(2,3)4/h6,9H,1-5H3,(H,10,11)/t6-/m0/s1. The molecule has 0 aliphatic carbocycles. The minimum Gasteiger partial charge on any atom is -0.350 e. The third kappa shape index (κ3) is 4.79. The van der Waals surface area contributed by atoms with Crippen LogP contribution in [0.5, 0.6) is 0 Å². The van der Waals surface area contributed by atoms with Crippen molar-refractivity contribution in [2.24, 2.45) is 0 Å². The molecule has 2 N–H and O–H groups in total. The van der Waals surface area contributed by atoms with Crippen molar-refractivity contribution < 1.29 is 4.79 Å². The lowest BCUT2D eigenvalue weighted by atomic mass is 10.1. The molecule has 0 saturated heterocycles. The van der Waals surface area contributed by atoms with Gasteiger partial charge in [0.25, 0.3) is 0 Å². The first-order chi connectivity index (χ1) is 4.87. The summed E-state index contributed by atoms with van der Waals surface area (Å²) in [7, 11) is 1.77. The first-order valence-electron chi connectivity index (χ1n) is 3.86. The Balaban J connectivity index is 3.88. The molecule has 1 atom stereocenters. The largest absolute Gasteiger partial charge is 0.350 e. The first-order valence-corrected chi connectivity index (χ1v) is 3.86. The van der Waals surface area contributed by atoms with Crippen molar-refractivity contribution in [2.75, 3.05) is 7.05 Å². The highest BCUT2D eigenvalue weighted by atomic mass is 16.2. The van der Waals surface area contributed by atoms with E-state index in [0.29, 0.717) is 0 Å². The van der Waals surface area contributed by atoms with Gasteiger partial charge in [0.1, 0.15) is 0 Å². The molecule has 0 aromatic carbocycles. The predicted octanol–water partition coefficient (Wildman–Crippen LogP) is 0.509. The summed E-state index contributed by atoms with van der Waals surface area (Å²) in [5.41, 5.74) is -0.137. The molecule has 0 rings (SSSR count). The normalized spacial score (nSPS) is 14.3. The molecular weight excluding hydrogens is 140 g/mol. The van der Waals surface area contributed by atoms with Gasteiger partial charge in [-0.25, -0.2) is 0 Å². The van der Waals surface area contributed by atoms with Crippen LogP contribution in [0, 0.1) is 0 Å². The van der Waals surface area contributed by atoms with E-state index in [1.165, 1.54) is 0 Å². The molecule has 0 spiro atoms. The van der Waals surface area contributed by atoms with Gasteiger partial charge in [-0.2, -0.15) is 0 Å². The zero-order valence-corrected chi connectivity index (χ0v) is 7.99. The average molecular weight is 158 g/mol. The second kappa shape index (κ2) is 3.72. The molecule has 3 nitrogen and oxygen atoms in total. The molecule has 0 aromatic heterocycles. The molecule has 1 amide bonds. The van der Waals surface area contributed by atoms with E-state index in [1.54, 1.807) is 7.05 Å². The molecule has 0 saturated carbocycles. The number of hydrogen-bond acceptors (Lipinski definition) is 2. The Kier molecular flexibility index (Phi) is 3.52. The van der Waals surface area contributed by atoms with Gasteiger partial charge in [-0.15, -0.1) is 0 Å². The summed E-state index contributed by atoms with van der Waals surface area (Å²) in [4.78, 5) is 11.2. The first kappa shape index (κ1) is 10.4. The number of carbonyl (C=O) groups excluding carboxylic acids is 1. The van der Waals surface area contributed by atoms with Gasteiger partial charge in [-0.05, 0) is 34.7 Å². The van der Waals surface area contributed by atoms with Crippen LogP contribution in [-0.2, 0) is 4.79 Å². The van der Waals surface area contributed by atoms with Crippen LogP contribution < -0.4 is 10.6 Å². The number of amides is 1. The van der Waals surface area contributed by atoms with Crippen LogP contribution in [0.3, 0.4) is 0 Å². The van der Waals surface area contributed by atoms with Gasteiger partial charge in [0.05, 0.1) is 6.04 Å². The van der Waals surface area contributed by atoms with Crippen molar-refractivity contribution in [2.45, 2.75) is 39.3 Å². The monoisotopic (exact) mass is 158 g/mol. The Hall–Kier alpha value is -0.570. The molecule has 0 aromatic rings. The fraction of sp³-hybridized carbons (Fsp3) is 0.875. The van der Waals surface area contributed by atoms with Gasteiger partial charge in [0.15, 0.2) is 0 Å². The van der Waals surface area contributed by atoms with E-state index in [1.807, 2.05) is 27.7 Å². The zero-order chi connectivity index (χ0) is 9.07. The van der Waals surface area contributed by atoms with Gasteiger partial charge < -0.3 is 10.6 Å². The van der Waals surface area contributed by atoms with Crippen molar-refractivity contribution in [1.29, 1.82) is 0 Å². The third-order valence-corrected chi connectivity index (χ3v) is 1.32. The molecule has 0 bridgehead atoms. The van der Waals surface area contributed by atoms with Gasteiger partial charge in [0.2, 0.25) is 5.91 Å². The van der Waals surface area contributed by atoms with Crippen LogP contribution in [0.1, 0.15) is 27.7 Å². The lowest BCUT2D eigenvalue weighted by molar-refractivity contribution is -0.124. The van der Waals surface area contributed by atoms with Crippen LogP contribution in [0.2, 0.25) is 0 Å². The van der Waals surface area contributed by atoms with E-state index in [0.717, 1.165) is 0 Å². The Morgan fingerprint density at radius 3 is 2.09 bits per heavy atom. The second-order valence-corrected chi connectivity index (χ2v) is 3.75. The van der Waals surface area contributed by atoms with Crippen molar-refractivity contribution in [1.82, 2.24) is 10.6 Å². The highest BCUT2D eigenvalue weighted by molar-refractivity contribution is 5.81. The maximum absolute atomic E-state index is 11.2. The number of carbonyl (C=O) groups is 1. The fourth-order valence-electron chi connectivity index (χ4n) is 0.609. The van der Waals surface area contributed by atoms with Crippen LogP contribution in [-0.4, -0.2) is 24.5 Å². The van der Waals surface area contributed by atoms with Gasteiger partial charge in [-0.3, -0.25) is 4.79 Å². The Labute approximate surface area is 68.6 Å². The van der Waals surface area contributed by atoms with Crippen LogP contribution >= 0.6 is 0 Å². The minimum atomic E-state index is -0.137. The van der Waals surface area contributed by atoms with E-state index in [9.17, 15) is 4.79 Å². The Bertz CT molecular complexity index is 138. The number of likely N-dealkylation sites (N-methyl/N-ethyl adjacent to an activating group) is 1. The summed E-state index contributed by atoms with van der Waals surface area (Å²) in [5.74, 6) is 0.0417. The van der Waals surface area contributed by atoms with E-state index in [2.05, 4.69) is 10.6 Å². The number of hydrogen-bond donors (Lipinski definition) is 2. The SMILES string of the molecule is CN[C@@H](C)C(=O)NC(C)(C)C. The third-order valence-electron chi connectivity index (χ3n) is 1.32. The summed E-state index contributed by atoms with van der Waals surface area (Å²) in [5, 5.41) is 5.74. The maximum atomic E-state index is 11.2. The van der Waals surface area contributed by atoms with Crippen molar-refractivity contribution >= 4 is 5.91 Å². The predicted molar refractivity (Wildman–Crippen MR) is 46.4 cm³/mol. The summed E-state index contributed by atoms with van der Waals surface area (Å²) in [6.07, 6.45) is 0. The zero-order valence-electron chi connectivity index (χ0n) is 7.99. The van der Waals surface area contributed by atoms with Gasteiger partial charge in [-0.1, -0.05) is 0 Å². The molecule has 0 aliphatic heterocycles. The van der Waals surface area contributed by atoms with Gasteiger partial charge >= 0.3 is 0 Å². The van der Waals surface area contributed by atoms with E-state index < -0.39 is 0 Å². The molecule has 0 fully saturated rings. The molecular formula is C8H18N2O. The summed E-state index contributed by atoms with van der Waals surface area (Å²) < 4.78 is 0. The highest BCUT2D eigenvalue weighted by Crippen LogP contribution is 1.98. The number of rotatable bonds is 2. The Morgan fingerprint density at radius 1 is 1.36 bits per heavy atom. The minimum absolute atomic E-state index is 0.0417. The van der Waals surface area contributed by atoms with Crippen LogP contribution in [0.15, 0.2) is 0 Å². The molecule has 11 heavy (non-hydrogen) atoms. The molecule has 3 heteroatoms. The quantitative estimate of drug-likeness (QED) is 0.614. The lowest BCUT2D eigenvalue weighted by Crippen LogP contribution is -2.48. The number of nitrogens with one attached hydrogen (secondary N) is 2. The highest BCUT2D eigenvalue weighted by Gasteiger charge is 2.17. The van der Waals surface area contributed by atoms with E-state index in [4.69, 9.17) is 0 Å². The topological polar surface area (TPSA) is 41.1 Å². The van der Waals surface area contributed by atoms with Gasteiger partial charge in [0, 0.05) is 5.54 Å². The smallest absolute Gasteiger partial charge is 0.237 e. The fourth-order valence-corrected chi connectivity index (χ4v) is 0.609. The Morgan fingerprint density at radius 2 is 1.82 bits per heavy atom. The lowest BCUT2D eigenvalue weighted by Gasteiger charge is -2.22. The van der Waals surface area contributed by atoms with Crippen LogP contribution in [0.4, 0.5) is 0 Å². The maximum Gasteiger partial charge on any atom is 0.237 e. The molecule has 0 radical (unpaired) electrons. The van der Waals surface area contributed by atoms with Crippen molar-refractivity contribution in [3.63, 3.8) is 0 Å².